The predicted octanol–water partition coefficient (Wildman–Crippen LogP) is 3.73. The second kappa shape index (κ2) is 8.76. The van der Waals surface area contributed by atoms with Crippen molar-refractivity contribution in [3.8, 4) is 0 Å². The van der Waals surface area contributed by atoms with Crippen LogP contribution in [0.1, 0.15) is 73.6 Å². The van der Waals surface area contributed by atoms with Crippen LogP contribution < -0.4 is 5.32 Å². The van der Waals surface area contributed by atoms with Crippen molar-refractivity contribution in [2.75, 3.05) is 6.54 Å². The molecule has 2 N–H and O–H groups in total. The zero-order chi connectivity index (χ0) is 22.0. The summed E-state index contributed by atoms with van der Waals surface area (Å²) in [7, 11) is 0. The lowest BCUT2D eigenvalue weighted by molar-refractivity contribution is -0.142. The van der Waals surface area contributed by atoms with E-state index in [0.29, 0.717) is 25.8 Å². The second-order valence-electron chi connectivity index (χ2n) is 9.97. The highest BCUT2D eigenvalue weighted by Crippen LogP contribution is 2.59. The summed E-state index contributed by atoms with van der Waals surface area (Å²) in [6.07, 6.45) is 5.02. The van der Waals surface area contributed by atoms with Gasteiger partial charge in [0.05, 0.1) is 0 Å². The standard InChI is InChI=1S/C22H36N2O5/c1-14(2)8-7-9-15(3)10-18(25)23-13-22-11-16(19(26)27)24(17(22)12-22)20(28)29-21(4,5)6/h8,15-17H,7,9-13H2,1-6H3,(H,23,25)(H,26,27)/t15?,16-,17+,22-/m0/s1. The Morgan fingerprint density at radius 3 is 2.48 bits per heavy atom. The van der Waals surface area contributed by atoms with E-state index in [0.717, 1.165) is 12.8 Å². The number of rotatable bonds is 8. The van der Waals surface area contributed by atoms with Crippen molar-refractivity contribution in [3.05, 3.63) is 11.6 Å². The number of ether oxygens (including phenoxy) is 1. The molecule has 1 aliphatic carbocycles. The monoisotopic (exact) mass is 408 g/mol. The SMILES string of the molecule is CC(C)=CCCC(C)CC(=O)NC[C@@]12C[C@@H](C(=O)O)N(C(=O)OC(C)(C)C)[C@@H]1C2. The third-order valence-corrected chi connectivity index (χ3v) is 5.69. The lowest BCUT2D eigenvalue weighted by Gasteiger charge is -2.28. The van der Waals surface area contributed by atoms with Crippen LogP contribution in [0.25, 0.3) is 0 Å². The molecule has 1 unspecified atom stereocenters. The Balaban J connectivity index is 1.89. The Morgan fingerprint density at radius 1 is 1.28 bits per heavy atom. The minimum Gasteiger partial charge on any atom is -0.480 e. The maximum absolute atomic E-state index is 12.5. The largest absolute Gasteiger partial charge is 0.480 e. The Morgan fingerprint density at radius 2 is 1.93 bits per heavy atom. The fraction of sp³-hybridized carbons (Fsp3) is 0.773. The van der Waals surface area contributed by atoms with Crippen molar-refractivity contribution in [3.63, 3.8) is 0 Å². The Hall–Kier alpha value is -2.05. The second-order valence-corrected chi connectivity index (χ2v) is 9.97. The van der Waals surface area contributed by atoms with Gasteiger partial charge in [-0.1, -0.05) is 18.6 Å². The number of aliphatic carboxylic acids is 1. The number of carbonyl (C=O) groups is 3. The number of nitrogens with zero attached hydrogens (tertiary/aromatic N) is 1. The third kappa shape index (κ3) is 6.21. The molecular formula is C22H36N2O5. The molecule has 0 aromatic carbocycles. The van der Waals surface area contributed by atoms with Crippen LogP contribution in [0.15, 0.2) is 11.6 Å². The van der Waals surface area contributed by atoms with E-state index in [-0.39, 0.29) is 23.3 Å². The van der Waals surface area contributed by atoms with Gasteiger partial charge >= 0.3 is 12.1 Å². The zero-order valence-electron chi connectivity index (χ0n) is 18.6. The molecule has 7 heteroatoms. The molecular weight excluding hydrogens is 372 g/mol. The van der Waals surface area contributed by atoms with Crippen molar-refractivity contribution in [1.29, 1.82) is 0 Å². The van der Waals surface area contributed by atoms with Crippen LogP contribution in [0.5, 0.6) is 0 Å². The summed E-state index contributed by atoms with van der Waals surface area (Å²) < 4.78 is 5.41. The van der Waals surface area contributed by atoms with Crippen LogP contribution in [0.2, 0.25) is 0 Å². The first-order valence-electron chi connectivity index (χ1n) is 10.5. The molecule has 0 bridgehead atoms. The maximum atomic E-state index is 12.5. The van der Waals surface area contributed by atoms with Crippen molar-refractivity contribution in [1.82, 2.24) is 10.2 Å². The Bertz CT molecular complexity index is 677. The first-order valence-corrected chi connectivity index (χ1v) is 10.5. The van der Waals surface area contributed by atoms with Crippen molar-refractivity contribution in [2.45, 2.75) is 91.3 Å². The quantitative estimate of drug-likeness (QED) is 0.597. The van der Waals surface area contributed by atoms with Gasteiger partial charge in [0.2, 0.25) is 5.91 Å². The lowest BCUT2D eigenvalue weighted by atomic mass is 9.98. The smallest absolute Gasteiger partial charge is 0.411 e. The summed E-state index contributed by atoms with van der Waals surface area (Å²) in [6, 6.07) is -1.09. The molecule has 1 aliphatic heterocycles. The Labute approximate surface area is 173 Å². The van der Waals surface area contributed by atoms with E-state index in [2.05, 4.69) is 32.2 Å². The molecule has 0 radical (unpaired) electrons. The number of likely N-dealkylation sites (tertiary alicyclic amines) is 1. The van der Waals surface area contributed by atoms with Crippen molar-refractivity contribution >= 4 is 18.0 Å². The summed E-state index contributed by atoms with van der Waals surface area (Å²) in [6.45, 7) is 11.9. The van der Waals surface area contributed by atoms with Gasteiger partial charge in [-0.05, 0) is 66.2 Å². The fourth-order valence-corrected chi connectivity index (χ4v) is 4.10. The highest BCUT2D eigenvalue weighted by atomic mass is 16.6. The average molecular weight is 409 g/mol. The van der Waals surface area contributed by atoms with Crippen LogP contribution in [0, 0.1) is 11.3 Å². The fourth-order valence-electron chi connectivity index (χ4n) is 4.10. The number of carbonyl (C=O) groups excluding carboxylic acids is 2. The van der Waals surface area contributed by atoms with Gasteiger partial charge in [-0.15, -0.1) is 0 Å². The molecule has 164 valence electrons. The van der Waals surface area contributed by atoms with E-state index in [1.54, 1.807) is 20.8 Å². The van der Waals surface area contributed by atoms with E-state index in [1.165, 1.54) is 10.5 Å². The van der Waals surface area contributed by atoms with E-state index in [1.807, 2.05) is 0 Å². The first-order chi connectivity index (χ1) is 13.3. The molecule has 7 nitrogen and oxygen atoms in total. The highest BCUT2D eigenvalue weighted by molar-refractivity contribution is 5.82. The van der Waals surface area contributed by atoms with Crippen LogP contribution in [-0.4, -0.2) is 52.2 Å². The molecule has 0 aromatic rings. The molecule has 0 spiro atoms. The van der Waals surface area contributed by atoms with Gasteiger partial charge in [0.1, 0.15) is 11.6 Å². The molecule has 0 aromatic heterocycles. The third-order valence-electron chi connectivity index (χ3n) is 5.69. The minimum absolute atomic E-state index is 0.0164. The predicted molar refractivity (Wildman–Crippen MR) is 110 cm³/mol. The number of nitrogens with one attached hydrogen (secondary N) is 1. The first kappa shape index (κ1) is 23.2. The van der Waals surface area contributed by atoms with Gasteiger partial charge in [-0.3, -0.25) is 9.69 Å². The lowest BCUT2D eigenvalue weighted by Crippen LogP contribution is -2.45. The zero-order valence-corrected chi connectivity index (χ0v) is 18.6. The van der Waals surface area contributed by atoms with Gasteiger partial charge in [-0.2, -0.15) is 0 Å². The van der Waals surface area contributed by atoms with Gasteiger partial charge < -0.3 is 15.2 Å². The molecule has 2 fully saturated rings. The van der Waals surface area contributed by atoms with E-state index >= 15 is 0 Å². The van der Waals surface area contributed by atoms with Crippen LogP contribution >= 0.6 is 0 Å². The molecule has 1 heterocycles. The Kier molecular flexibility index (Phi) is 7.01. The van der Waals surface area contributed by atoms with E-state index in [4.69, 9.17) is 4.74 Å². The summed E-state index contributed by atoms with van der Waals surface area (Å²) in [5.41, 5.74) is 0.251. The molecule has 2 amide bonds. The number of amides is 2. The van der Waals surface area contributed by atoms with Gasteiger partial charge in [0.25, 0.3) is 0 Å². The van der Waals surface area contributed by atoms with Gasteiger partial charge in [0.15, 0.2) is 0 Å². The van der Waals surface area contributed by atoms with Crippen molar-refractivity contribution < 1.29 is 24.2 Å². The number of carboxylic acids is 1. The molecule has 4 atom stereocenters. The maximum Gasteiger partial charge on any atom is 0.411 e. The number of hydrogen-bond acceptors (Lipinski definition) is 4. The average Bonchev–Trinajstić information content (AvgIpc) is 3.15. The topological polar surface area (TPSA) is 95.9 Å². The molecule has 29 heavy (non-hydrogen) atoms. The van der Waals surface area contributed by atoms with Crippen LogP contribution in [0.4, 0.5) is 4.79 Å². The molecule has 2 rings (SSSR count). The number of piperidine rings is 1. The number of hydrogen-bond donors (Lipinski definition) is 2. The molecule has 1 saturated heterocycles. The minimum atomic E-state index is -1.03. The highest BCUT2D eigenvalue weighted by Gasteiger charge is 2.68. The summed E-state index contributed by atoms with van der Waals surface area (Å²) in [5.74, 6) is -0.759. The van der Waals surface area contributed by atoms with Crippen molar-refractivity contribution in [2.24, 2.45) is 11.3 Å². The molecule has 1 saturated carbocycles. The number of carboxylic acid groups (broad SMARTS) is 1. The van der Waals surface area contributed by atoms with E-state index in [9.17, 15) is 19.5 Å². The van der Waals surface area contributed by atoms with Gasteiger partial charge in [-0.25, -0.2) is 9.59 Å². The number of fused-ring (bicyclic) bond motifs is 1. The molecule has 2 aliphatic rings. The van der Waals surface area contributed by atoms with E-state index < -0.39 is 23.7 Å². The summed E-state index contributed by atoms with van der Waals surface area (Å²) in [4.78, 5) is 37.9. The number of allylic oxidation sites excluding steroid dienone is 2. The summed E-state index contributed by atoms with van der Waals surface area (Å²) >= 11 is 0. The summed E-state index contributed by atoms with van der Waals surface area (Å²) in [5, 5.41) is 12.5. The van der Waals surface area contributed by atoms with Crippen LogP contribution in [-0.2, 0) is 14.3 Å². The van der Waals surface area contributed by atoms with Crippen LogP contribution in [0.3, 0.4) is 0 Å². The van der Waals surface area contributed by atoms with Gasteiger partial charge in [0, 0.05) is 24.4 Å². The normalized spacial score (nSPS) is 26.3.